The molecule has 1 amide bonds. The molecule has 150 valence electrons. The van der Waals surface area contributed by atoms with E-state index in [-0.39, 0.29) is 21.3 Å². The molecule has 0 aliphatic carbocycles. The van der Waals surface area contributed by atoms with Crippen molar-refractivity contribution in [2.75, 3.05) is 26.0 Å². The number of rotatable bonds is 6. The minimum absolute atomic E-state index is 0.00103. The van der Waals surface area contributed by atoms with E-state index >= 15 is 0 Å². The second-order valence-corrected chi connectivity index (χ2v) is 8.26. The summed E-state index contributed by atoms with van der Waals surface area (Å²) < 4.78 is 31.3. The first-order valence-electron chi connectivity index (χ1n) is 7.76. The highest BCUT2D eigenvalue weighted by molar-refractivity contribution is 7.89. The molecule has 12 heteroatoms. The van der Waals surface area contributed by atoms with Crippen molar-refractivity contribution in [2.24, 2.45) is 7.05 Å². The Balaban J connectivity index is 2.06. The summed E-state index contributed by atoms with van der Waals surface area (Å²) in [5.41, 5.74) is -0.382. The number of hydrogen-bond acceptors (Lipinski definition) is 7. The van der Waals surface area contributed by atoms with Crippen LogP contribution in [0.25, 0.3) is 0 Å². The molecular formula is C16H17ClN4O6S. The summed E-state index contributed by atoms with van der Waals surface area (Å²) >= 11 is 5.94. The predicted octanol–water partition coefficient (Wildman–Crippen LogP) is 0.479. The molecule has 0 bridgehead atoms. The summed E-state index contributed by atoms with van der Waals surface area (Å²) in [7, 11) is 0.262. The van der Waals surface area contributed by atoms with Gasteiger partial charge in [-0.2, -0.15) is 5.10 Å². The van der Waals surface area contributed by atoms with Gasteiger partial charge in [-0.25, -0.2) is 22.2 Å². The van der Waals surface area contributed by atoms with Crippen LogP contribution < -0.4 is 10.9 Å². The van der Waals surface area contributed by atoms with Crippen molar-refractivity contribution in [3.8, 4) is 0 Å². The number of ether oxygens (including phenoxy) is 1. The molecule has 0 fully saturated rings. The summed E-state index contributed by atoms with van der Waals surface area (Å²) in [5.74, 6) is -1.59. The second-order valence-electron chi connectivity index (χ2n) is 5.74. The molecule has 0 unspecified atom stereocenters. The average molecular weight is 429 g/mol. The monoisotopic (exact) mass is 428 g/mol. The van der Waals surface area contributed by atoms with Gasteiger partial charge in [0.05, 0.1) is 5.02 Å². The van der Waals surface area contributed by atoms with Crippen LogP contribution in [0.4, 0.5) is 5.69 Å². The van der Waals surface area contributed by atoms with E-state index in [9.17, 15) is 22.8 Å². The number of anilines is 1. The summed E-state index contributed by atoms with van der Waals surface area (Å²) in [6, 6.07) is 6.26. The quantitative estimate of drug-likeness (QED) is 0.662. The van der Waals surface area contributed by atoms with Gasteiger partial charge in [-0.05, 0) is 24.3 Å². The van der Waals surface area contributed by atoms with E-state index in [1.54, 1.807) is 0 Å². The van der Waals surface area contributed by atoms with E-state index < -0.39 is 34.1 Å². The molecule has 0 saturated heterocycles. The number of aromatic nitrogens is 2. The van der Waals surface area contributed by atoms with Crippen molar-refractivity contribution in [3.05, 3.63) is 51.4 Å². The molecule has 0 spiro atoms. The number of benzene rings is 1. The lowest BCUT2D eigenvalue weighted by Crippen LogP contribution is -2.25. The Morgan fingerprint density at radius 1 is 1.25 bits per heavy atom. The lowest BCUT2D eigenvalue weighted by molar-refractivity contribution is -0.119. The smallest absolute Gasteiger partial charge is 0.359 e. The topological polar surface area (TPSA) is 128 Å². The fourth-order valence-corrected chi connectivity index (χ4v) is 3.38. The fraction of sp³-hybridized carbons (Fsp3) is 0.250. The van der Waals surface area contributed by atoms with Gasteiger partial charge in [0.25, 0.3) is 11.5 Å². The zero-order valence-electron chi connectivity index (χ0n) is 15.2. The van der Waals surface area contributed by atoms with Crippen LogP contribution in [0.3, 0.4) is 0 Å². The number of halogens is 1. The summed E-state index contributed by atoms with van der Waals surface area (Å²) in [4.78, 5) is 35.0. The van der Waals surface area contributed by atoms with Gasteiger partial charge in [-0.1, -0.05) is 11.6 Å². The fourth-order valence-electron chi connectivity index (χ4n) is 1.99. The van der Waals surface area contributed by atoms with Crippen LogP contribution >= 0.6 is 11.6 Å². The van der Waals surface area contributed by atoms with Gasteiger partial charge in [-0.15, -0.1) is 0 Å². The Morgan fingerprint density at radius 2 is 1.93 bits per heavy atom. The van der Waals surface area contributed by atoms with Crippen LogP contribution in [0.15, 0.2) is 40.0 Å². The number of esters is 1. The normalized spacial score (nSPS) is 11.3. The highest BCUT2D eigenvalue weighted by Gasteiger charge is 2.21. The Kier molecular flexibility index (Phi) is 6.54. The van der Waals surface area contributed by atoms with E-state index in [4.69, 9.17) is 16.3 Å². The Bertz CT molecular complexity index is 1080. The molecular weight excluding hydrogens is 412 g/mol. The van der Waals surface area contributed by atoms with Gasteiger partial charge in [0.1, 0.15) is 4.90 Å². The highest BCUT2D eigenvalue weighted by Crippen LogP contribution is 2.26. The van der Waals surface area contributed by atoms with Crippen LogP contribution in [0.2, 0.25) is 5.02 Å². The van der Waals surface area contributed by atoms with Crippen molar-refractivity contribution in [1.29, 1.82) is 0 Å². The average Bonchev–Trinajstić information content (AvgIpc) is 2.63. The largest absolute Gasteiger partial charge is 0.451 e. The molecule has 1 N–H and O–H groups in total. The van der Waals surface area contributed by atoms with E-state index in [2.05, 4.69) is 10.4 Å². The highest BCUT2D eigenvalue weighted by atomic mass is 35.5. The molecule has 0 aliphatic rings. The van der Waals surface area contributed by atoms with Crippen molar-refractivity contribution in [3.63, 3.8) is 0 Å². The van der Waals surface area contributed by atoms with E-state index in [0.29, 0.717) is 0 Å². The third-order valence-corrected chi connectivity index (χ3v) is 5.77. The van der Waals surface area contributed by atoms with Crippen molar-refractivity contribution < 1.29 is 22.7 Å². The summed E-state index contributed by atoms with van der Waals surface area (Å²) in [6.45, 7) is -0.637. The molecule has 2 aromatic rings. The molecule has 0 aliphatic heterocycles. The third kappa shape index (κ3) is 4.94. The molecule has 10 nitrogen and oxygen atoms in total. The van der Waals surface area contributed by atoms with Crippen LogP contribution in [0.1, 0.15) is 10.5 Å². The number of nitrogens with zero attached hydrogens (tertiary/aromatic N) is 3. The molecule has 0 saturated carbocycles. The van der Waals surface area contributed by atoms with Gasteiger partial charge < -0.3 is 10.1 Å². The van der Waals surface area contributed by atoms with Crippen LogP contribution in [-0.2, 0) is 26.6 Å². The molecule has 28 heavy (non-hydrogen) atoms. The second kappa shape index (κ2) is 8.50. The van der Waals surface area contributed by atoms with Gasteiger partial charge in [-0.3, -0.25) is 9.59 Å². The maximum atomic E-state index is 12.2. The lowest BCUT2D eigenvalue weighted by Gasteiger charge is -2.14. The number of amides is 1. The summed E-state index contributed by atoms with van der Waals surface area (Å²) in [6.07, 6.45) is 0. The SMILES string of the molecule is CN(C)S(=O)(=O)c1cc(NC(=O)COC(=O)c2ccc(=O)n(C)n2)ccc1Cl. The lowest BCUT2D eigenvalue weighted by atomic mass is 10.3. The number of aryl methyl sites for hydroxylation is 1. The van der Waals surface area contributed by atoms with Crippen LogP contribution in [0, 0.1) is 0 Å². The zero-order valence-corrected chi connectivity index (χ0v) is 16.7. The van der Waals surface area contributed by atoms with Crippen molar-refractivity contribution in [1.82, 2.24) is 14.1 Å². The van der Waals surface area contributed by atoms with Gasteiger partial charge in [0.15, 0.2) is 12.3 Å². The van der Waals surface area contributed by atoms with E-state index in [1.807, 2.05) is 0 Å². The summed E-state index contributed by atoms with van der Waals surface area (Å²) in [5, 5.41) is 6.12. The number of sulfonamides is 1. The first-order chi connectivity index (χ1) is 13.0. The van der Waals surface area contributed by atoms with Gasteiger partial charge >= 0.3 is 5.97 Å². The molecule has 0 radical (unpaired) electrons. The number of carbonyl (C=O) groups is 2. The number of carbonyl (C=O) groups excluding carboxylic acids is 2. The Morgan fingerprint density at radius 3 is 2.54 bits per heavy atom. The molecule has 1 aromatic heterocycles. The molecule has 0 atom stereocenters. The Hall–Kier alpha value is -2.76. The van der Waals surface area contributed by atoms with Crippen molar-refractivity contribution >= 4 is 39.2 Å². The molecule has 1 aromatic carbocycles. The number of nitrogens with one attached hydrogen (secondary N) is 1. The molecule has 1 heterocycles. The van der Waals surface area contributed by atoms with E-state index in [1.165, 1.54) is 45.4 Å². The predicted molar refractivity (Wildman–Crippen MR) is 101 cm³/mol. The maximum absolute atomic E-state index is 12.2. The first-order valence-corrected chi connectivity index (χ1v) is 9.57. The first kappa shape index (κ1) is 21.5. The minimum Gasteiger partial charge on any atom is -0.451 e. The zero-order chi connectivity index (χ0) is 21.1. The van der Waals surface area contributed by atoms with Gasteiger partial charge in [0.2, 0.25) is 10.0 Å². The minimum atomic E-state index is -3.81. The standard InChI is InChI=1S/C16H17ClN4O6S/c1-20(2)28(25,26)13-8-10(4-5-11(13)17)18-14(22)9-27-16(24)12-6-7-15(23)21(3)19-12/h4-8H,9H2,1-3H3,(H,18,22). The maximum Gasteiger partial charge on any atom is 0.359 e. The third-order valence-electron chi connectivity index (χ3n) is 3.48. The van der Waals surface area contributed by atoms with Crippen LogP contribution in [0.5, 0.6) is 0 Å². The molecule has 2 rings (SSSR count). The van der Waals surface area contributed by atoms with Gasteiger partial charge in [0, 0.05) is 32.9 Å². The van der Waals surface area contributed by atoms with Crippen molar-refractivity contribution in [2.45, 2.75) is 4.90 Å². The Labute approximate surface area is 165 Å². The number of hydrogen-bond donors (Lipinski definition) is 1. The van der Waals surface area contributed by atoms with E-state index in [0.717, 1.165) is 15.1 Å². The van der Waals surface area contributed by atoms with Crippen LogP contribution in [-0.4, -0.2) is 55.1 Å².